The summed E-state index contributed by atoms with van der Waals surface area (Å²) in [7, 11) is 0. The molecule has 0 unspecified atom stereocenters. The number of hydrogen-bond donors (Lipinski definition) is 0. The Morgan fingerprint density at radius 2 is 2.00 bits per heavy atom. The van der Waals surface area contributed by atoms with Gasteiger partial charge in [0, 0.05) is 6.08 Å². The van der Waals surface area contributed by atoms with Crippen molar-refractivity contribution >= 4 is 5.97 Å². The van der Waals surface area contributed by atoms with Crippen LogP contribution >= 0.6 is 0 Å². The van der Waals surface area contributed by atoms with Gasteiger partial charge in [0.05, 0.1) is 0 Å². The van der Waals surface area contributed by atoms with Crippen LogP contribution in [0.2, 0.25) is 0 Å². The van der Waals surface area contributed by atoms with Gasteiger partial charge in [-0.1, -0.05) is 13.0 Å². The normalized spacial score (nSPS) is 19.3. The molecular weight excluding hydrogens is 140 g/mol. The van der Waals surface area contributed by atoms with Crippen molar-refractivity contribution in [3.8, 4) is 0 Å². The van der Waals surface area contributed by atoms with E-state index in [1.807, 2.05) is 0 Å². The predicted molar refractivity (Wildman–Crippen MR) is 41.8 cm³/mol. The van der Waals surface area contributed by atoms with Gasteiger partial charge >= 0.3 is 5.97 Å². The number of esters is 1. The highest BCUT2D eigenvalue weighted by molar-refractivity contribution is 5.80. The van der Waals surface area contributed by atoms with Crippen LogP contribution in [0.3, 0.4) is 0 Å². The first-order valence-corrected chi connectivity index (χ1v) is 4.08. The van der Waals surface area contributed by atoms with Crippen LogP contribution in [0.5, 0.6) is 0 Å². The largest absolute Gasteiger partial charge is 0.459 e. The smallest absolute Gasteiger partial charge is 0.331 e. The second-order valence-corrected chi connectivity index (χ2v) is 2.86. The summed E-state index contributed by atoms with van der Waals surface area (Å²) in [6, 6.07) is 0. The number of rotatable bonds is 2. The maximum absolute atomic E-state index is 10.7. The van der Waals surface area contributed by atoms with Crippen LogP contribution in [0.15, 0.2) is 6.08 Å². The fourth-order valence-electron chi connectivity index (χ4n) is 1.39. The summed E-state index contributed by atoms with van der Waals surface area (Å²) in [5.74, 6) is -0.392. The third-order valence-corrected chi connectivity index (χ3v) is 1.97. The maximum Gasteiger partial charge on any atom is 0.331 e. The van der Waals surface area contributed by atoms with E-state index < -0.39 is 5.97 Å². The van der Waals surface area contributed by atoms with Crippen molar-refractivity contribution in [3.05, 3.63) is 12.7 Å². The van der Waals surface area contributed by atoms with Gasteiger partial charge in [0.15, 0.2) is 0 Å². The quantitative estimate of drug-likeness (QED) is 0.447. The molecular formula is C9H13O2. The standard InChI is InChI=1S/C9H13O2/c1-2-9(10)11-8-6-4-3-5-7-8/h1-2,8H,3-7H2. The Balaban J connectivity index is 2.24. The Morgan fingerprint density at radius 1 is 1.36 bits per heavy atom. The van der Waals surface area contributed by atoms with Gasteiger partial charge in [-0.05, 0) is 25.7 Å². The van der Waals surface area contributed by atoms with E-state index in [0.717, 1.165) is 18.9 Å². The second-order valence-electron chi connectivity index (χ2n) is 2.86. The zero-order chi connectivity index (χ0) is 8.10. The molecule has 0 aromatic carbocycles. The molecule has 0 atom stereocenters. The fourth-order valence-corrected chi connectivity index (χ4v) is 1.39. The van der Waals surface area contributed by atoms with Crippen molar-refractivity contribution in [2.75, 3.05) is 0 Å². The molecule has 0 heterocycles. The van der Waals surface area contributed by atoms with Crippen LogP contribution in [0.1, 0.15) is 32.1 Å². The predicted octanol–water partition coefficient (Wildman–Crippen LogP) is 1.85. The molecule has 0 N–H and O–H groups in total. The average molecular weight is 153 g/mol. The van der Waals surface area contributed by atoms with Gasteiger partial charge < -0.3 is 4.74 Å². The first kappa shape index (κ1) is 8.31. The lowest BCUT2D eigenvalue weighted by molar-refractivity contribution is -0.144. The lowest BCUT2D eigenvalue weighted by Crippen LogP contribution is -2.19. The summed E-state index contributed by atoms with van der Waals surface area (Å²) in [5.41, 5.74) is 0. The van der Waals surface area contributed by atoms with E-state index in [-0.39, 0.29) is 6.10 Å². The molecule has 0 aliphatic heterocycles. The number of ether oxygens (including phenoxy) is 1. The molecule has 11 heavy (non-hydrogen) atoms. The Morgan fingerprint density at radius 3 is 2.55 bits per heavy atom. The van der Waals surface area contributed by atoms with Crippen molar-refractivity contribution < 1.29 is 9.53 Å². The first-order chi connectivity index (χ1) is 5.33. The number of carbonyl (C=O) groups is 1. The van der Waals surface area contributed by atoms with E-state index in [0.29, 0.717) is 0 Å². The summed E-state index contributed by atoms with van der Waals surface area (Å²) in [6.07, 6.45) is 6.70. The lowest BCUT2D eigenvalue weighted by atomic mass is 9.98. The summed E-state index contributed by atoms with van der Waals surface area (Å²) >= 11 is 0. The molecule has 0 aromatic rings. The number of hydrogen-bond acceptors (Lipinski definition) is 2. The summed E-state index contributed by atoms with van der Waals surface area (Å²) in [4.78, 5) is 10.7. The molecule has 0 spiro atoms. The highest BCUT2D eigenvalue weighted by atomic mass is 16.5. The molecule has 0 amide bonds. The summed E-state index contributed by atoms with van der Waals surface area (Å²) < 4.78 is 5.02. The minimum absolute atomic E-state index is 0.121. The molecule has 1 saturated carbocycles. The van der Waals surface area contributed by atoms with Crippen LogP contribution in [-0.2, 0) is 9.53 Å². The van der Waals surface area contributed by atoms with Gasteiger partial charge in [-0.25, -0.2) is 4.79 Å². The molecule has 1 aliphatic carbocycles. The van der Waals surface area contributed by atoms with Gasteiger partial charge in [0.1, 0.15) is 6.10 Å². The zero-order valence-corrected chi connectivity index (χ0v) is 6.58. The Kier molecular flexibility index (Phi) is 3.14. The van der Waals surface area contributed by atoms with Gasteiger partial charge in [-0.2, -0.15) is 0 Å². The van der Waals surface area contributed by atoms with Crippen molar-refractivity contribution in [2.45, 2.75) is 38.2 Å². The SMILES string of the molecule is [CH]=CC(=O)OC1CCCCC1. The van der Waals surface area contributed by atoms with Crippen molar-refractivity contribution in [1.29, 1.82) is 0 Å². The van der Waals surface area contributed by atoms with Crippen LogP contribution in [-0.4, -0.2) is 12.1 Å². The van der Waals surface area contributed by atoms with E-state index in [4.69, 9.17) is 11.3 Å². The lowest BCUT2D eigenvalue weighted by Gasteiger charge is -2.20. The fraction of sp³-hybridized carbons (Fsp3) is 0.667. The van der Waals surface area contributed by atoms with Gasteiger partial charge in [0.2, 0.25) is 0 Å². The third kappa shape index (κ3) is 2.74. The minimum Gasteiger partial charge on any atom is -0.459 e. The van der Waals surface area contributed by atoms with Crippen LogP contribution < -0.4 is 0 Å². The van der Waals surface area contributed by atoms with E-state index in [2.05, 4.69) is 0 Å². The van der Waals surface area contributed by atoms with Crippen LogP contribution in [0, 0.1) is 6.58 Å². The Bertz CT molecular complexity index is 146. The molecule has 1 aliphatic rings. The van der Waals surface area contributed by atoms with Gasteiger partial charge in [-0.3, -0.25) is 0 Å². The molecule has 1 fully saturated rings. The first-order valence-electron chi connectivity index (χ1n) is 4.08. The molecule has 1 rings (SSSR count). The highest BCUT2D eigenvalue weighted by Crippen LogP contribution is 2.20. The second kappa shape index (κ2) is 4.16. The molecule has 61 valence electrons. The highest BCUT2D eigenvalue weighted by Gasteiger charge is 2.15. The van der Waals surface area contributed by atoms with E-state index in [1.54, 1.807) is 0 Å². The number of carbonyl (C=O) groups excluding carboxylic acids is 1. The van der Waals surface area contributed by atoms with E-state index in [9.17, 15) is 4.79 Å². The molecule has 1 radical (unpaired) electrons. The van der Waals surface area contributed by atoms with Crippen LogP contribution in [0.25, 0.3) is 0 Å². The maximum atomic E-state index is 10.7. The summed E-state index contributed by atoms with van der Waals surface area (Å²) in [6.45, 7) is 4.99. The van der Waals surface area contributed by atoms with Gasteiger partial charge in [0.25, 0.3) is 0 Å². The third-order valence-electron chi connectivity index (χ3n) is 1.97. The Labute approximate surface area is 67.2 Å². The molecule has 0 bridgehead atoms. The zero-order valence-electron chi connectivity index (χ0n) is 6.58. The Hall–Kier alpha value is -0.790. The molecule has 2 nitrogen and oxygen atoms in total. The van der Waals surface area contributed by atoms with Crippen molar-refractivity contribution in [2.24, 2.45) is 0 Å². The van der Waals surface area contributed by atoms with Crippen molar-refractivity contribution in [3.63, 3.8) is 0 Å². The van der Waals surface area contributed by atoms with Gasteiger partial charge in [-0.15, -0.1) is 0 Å². The van der Waals surface area contributed by atoms with Crippen LogP contribution in [0.4, 0.5) is 0 Å². The molecule has 2 heteroatoms. The van der Waals surface area contributed by atoms with Crippen molar-refractivity contribution in [1.82, 2.24) is 0 Å². The molecule has 0 aromatic heterocycles. The molecule has 0 saturated heterocycles. The van der Waals surface area contributed by atoms with E-state index >= 15 is 0 Å². The van der Waals surface area contributed by atoms with E-state index in [1.165, 1.54) is 19.3 Å². The minimum atomic E-state index is -0.392. The topological polar surface area (TPSA) is 26.3 Å². The average Bonchev–Trinajstić information content (AvgIpc) is 2.06. The summed E-state index contributed by atoms with van der Waals surface area (Å²) in [5, 5.41) is 0. The monoisotopic (exact) mass is 153 g/mol.